The molecule has 0 bridgehead atoms. The van der Waals surface area contributed by atoms with Crippen LogP contribution in [-0.4, -0.2) is 23.8 Å². The molecule has 2 unspecified atom stereocenters. The number of hydrogen-bond acceptors (Lipinski definition) is 3. The third-order valence-electron chi connectivity index (χ3n) is 3.05. The normalized spacial score (nSPS) is 26.3. The van der Waals surface area contributed by atoms with Gasteiger partial charge in [0.1, 0.15) is 0 Å². The second-order valence-electron chi connectivity index (χ2n) is 4.30. The summed E-state index contributed by atoms with van der Waals surface area (Å²) in [6.07, 6.45) is 1.88. The fraction of sp³-hybridized carbons (Fsp3) is 0.636. The van der Waals surface area contributed by atoms with Crippen molar-refractivity contribution in [3.8, 4) is 0 Å². The van der Waals surface area contributed by atoms with Crippen LogP contribution in [0.1, 0.15) is 18.2 Å². The fourth-order valence-electron chi connectivity index (χ4n) is 2.10. The number of aliphatic hydroxyl groups is 1. The van der Waals surface area contributed by atoms with E-state index in [1.165, 1.54) is 4.88 Å². The second kappa shape index (κ2) is 4.01. The molecule has 0 aliphatic carbocycles. The highest BCUT2D eigenvalue weighted by Crippen LogP contribution is 2.28. The minimum absolute atomic E-state index is 0.407. The van der Waals surface area contributed by atoms with E-state index in [4.69, 9.17) is 0 Å². The van der Waals surface area contributed by atoms with Crippen molar-refractivity contribution in [2.75, 3.05) is 13.1 Å². The topological polar surface area (TPSA) is 32.3 Å². The molecule has 2 rings (SSSR count). The lowest BCUT2D eigenvalue weighted by atomic mass is 9.85. The smallest absolute Gasteiger partial charge is 0.0708 e. The summed E-state index contributed by atoms with van der Waals surface area (Å²) in [5, 5.41) is 15.7. The molecular weight excluding hydrogens is 194 g/mol. The molecule has 3 heteroatoms. The van der Waals surface area contributed by atoms with Crippen LogP contribution in [0.5, 0.6) is 0 Å². The standard InChI is InChI=1S/C11H17NOS/c1-11(13,9-4-5-12-8-9)7-10-3-2-6-14-10/h2-3,6,9,12-13H,4-5,7-8H2,1H3. The highest BCUT2D eigenvalue weighted by atomic mass is 32.1. The Labute approximate surface area is 89.0 Å². The van der Waals surface area contributed by atoms with E-state index < -0.39 is 5.60 Å². The summed E-state index contributed by atoms with van der Waals surface area (Å²) in [6.45, 7) is 3.97. The van der Waals surface area contributed by atoms with E-state index in [9.17, 15) is 5.11 Å². The van der Waals surface area contributed by atoms with Crippen molar-refractivity contribution in [2.24, 2.45) is 5.92 Å². The number of nitrogens with one attached hydrogen (secondary N) is 1. The van der Waals surface area contributed by atoms with E-state index in [1.54, 1.807) is 11.3 Å². The van der Waals surface area contributed by atoms with Gasteiger partial charge in [0, 0.05) is 23.8 Å². The lowest BCUT2D eigenvalue weighted by Crippen LogP contribution is -2.37. The summed E-state index contributed by atoms with van der Waals surface area (Å²) in [5.41, 5.74) is -0.547. The van der Waals surface area contributed by atoms with Gasteiger partial charge in [0.2, 0.25) is 0 Å². The summed E-state index contributed by atoms with van der Waals surface area (Å²) in [5.74, 6) is 0.407. The largest absolute Gasteiger partial charge is 0.389 e. The summed E-state index contributed by atoms with van der Waals surface area (Å²) < 4.78 is 0. The van der Waals surface area contributed by atoms with Gasteiger partial charge in [-0.05, 0) is 31.3 Å². The van der Waals surface area contributed by atoms with Crippen LogP contribution in [0.4, 0.5) is 0 Å². The highest BCUT2D eigenvalue weighted by molar-refractivity contribution is 7.09. The van der Waals surface area contributed by atoms with E-state index in [1.807, 2.05) is 13.0 Å². The maximum absolute atomic E-state index is 10.4. The zero-order valence-corrected chi connectivity index (χ0v) is 9.31. The number of hydrogen-bond donors (Lipinski definition) is 2. The Kier molecular flexibility index (Phi) is 2.91. The molecule has 14 heavy (non-hydrogen) atoms. The number of rotatable bonds is 3. The van der Waals surface area contributed by atoms with E-state index in [2.05, 4.69) is 16.8 Å². The van der Waals surface area contributed by atoms with Gasteiger partial charge in [-0.15, -0.1) is 11.3 Å². The Morgan fingerprint density at radius 3 is 3.14 bits per heavy atom. The molecule has 2 atom stereocenters. The van der Waals surface area contributed by atoms with Gasteiger partial charge in [-0.2, -0.15) is 0 Å². The Bertz CT molecular complexity index is 275. The first-order valence-electron chi connectivity index (χ1n) is 5.14. The van der Waals surface area contributed by atoms with Crippen molar-refractivity contribution < 1.29 is 5.11 Å². The van der Waals surface area contributed by atoms with E-state index >= 15 is 0 Å². The second-order valence-corrected chi connectivity index (χ2v) is 5.34. The predicted octanol–water partition coefficient (Wildman–Crippen LogP) is 1.65. The fourth-order valence-corrected chi connectivity index (χ4v) is 2.96. The minimum Gasteiger partial charge on any atom is -0.389 e. The lowest BCUT2D eigenvalue weighted by Gasteiger charge is -2.29. The monoisotopic (exact) mass is 211 g/mol. The maximum Gasteiger partial charge on any atom is 0.0708 e. The van der Waals surface area contributed by atoms with Crippen molar-refractivity contribution in [1.82, 2.24) is 5.32 Å². The van der Waals surface area contributed by atoms with Crippen LogP contribution in [0.25, 0.3) is 0 Å². The van der Waals surface area contributed by atoms with Gasteiger partial charge in [0.15, 0.2) is 0 Å². The van der Waals surface area contributed by atoms with Gasteiger partial charge < -0.3 is 10.4 Å². The van der Waals surface area contributed by atoms with Crippen LogP contribution in [0, 0.1) is 5.92 Å². The van der Waals surface area contributed by atoms with Crippen molar-refractivity contribution in [1.29, 1.82) is 0 Å². The molecular formula is C11H17NOS. The maximum atomic E-state index is 10.4. The molecule has 1 aromatic rings. The molecule has 2 N–H and O–H groups in total. The van der Waals surface area contributed by atoms with Crippen molar-refractivity contribution in [2.45, 2.75) is 25.4 Å². The molecule has 1 fully saturated rings. The summed E-state index contributed by atoms with van der Waals surface area (Å²) in [7, 11) is 0. The van der Waals surface area contributed by atoms with Crippen molar-refractivity contribution >= 4 is 11.3 Å². The molecule has 0 amide bonds. The molecule has 1 aliphatic rings. The molecule has 0 radical (unpaired) electrons. The SMILES string of the molecule is CC(O)(Cc1cccs1)C1CCNC1. The Balaban J connectivity index is 2.00. The van der Waals surface area contributed by atoms with Crippen LogP contribution < -0.4 is 5.32 Å². The molecule has 0 spiro atoms. The Morgan fingerprint density at radius 1 is 1.71 bits per heavy atom. The molecule has 1 aliphatic heterocycles. The van der Waals surface area contributed by atoms with E-state index in [0.29, 0.717) is 5.92 Å². The van der Waals surface area contributed by atoms with Crippen LogP contribution in [0.3, 0.4) is 0 Å². The van der Waals surface area contributed by atoms with Gasteiger partial charge in [-0.1, -0.05) is 6.07 Å². The van der Waals surface area contributed by atoms with Crippen LogP contribution in [-0.2, 0) is 6.42 Å². The van der Waals surface area contributed by atoms with Gasteiger partial charge in [-0.25, -0.2) is 0 Å². The quantitative estimate of drug-likeness (QED) is 0.797. The lowest BCUT2D eigenvalue weighted by molar-refractivity contribution is 0.00798. The molecule has 0 saturated carbocycles. The first-order chi connectivity index (χ1) is 6.68. The molecule has 1 saturated heterocycles. The van der Waals surface area contributed by atoms with Gasteiger partial charge in [0.05, 0.1) is 5.60 Å². The van der Waals surface area contributed by atoms with E-state index in [0.717, 1.165) is 25.9 Å². The van der Waals surface area contributed by atoms with Crippen molar-refractivity contribution in [3.63, 3.8) is 0 Å². The van der Waals surface area contributed by atoms with Crippen molar-refractivity contribution in [3.05, 3.63) is 22.4 Å². The third-order valence-corrected chi connectivity index (χ3v) is 3.93. The van der Waals surface area contributed by atoms with E-state index in [-0.39, 0.29) is 0 Å². The Hall–Kier alpha value is -0.380. The summed E-state index contributed by atoms with van der Waals surface area (Å²) >= 11 is 1.73. The van der Waals surface area contributed by atoms with Crippen LogP contribution in [0.2, 0.25) is 0 Å². The highest BCUT2D eigenvalue weighted by Gasteiger charge is 2.34. The van der Waals surface area contributed by atoms with Crippen LogP contribution in [0.15, 0.2) is 17.5 Å². The van der Waals surface area contributed by atoms with Gasteiger partial charge in [-0.3, -0.25) is 0 Å². The zero-order chi connectivity index (χ0) is 10.0. The average molecular weight is 211 g/mol. The summed E-state index contributed by atoms with van der Waals surface area (Å²) in [6, 6.07) is 4.14. The molecule has 1 aromatic heterocycles. The molecule has 2 heterocycles. The average Bonchev–Trinajstić information content (AvgIpc) is 2.71. The Morgan fingerprint density at radius 2 is 2.57 bits per heavy atom. The zero-order valence-electron chi connectivity index (χ0n) is 8.49. The third kappa shape index (κ3) is 2.16. The minimum atomic E-state index is -0.547. The first-order valence-corrected chi connectivity index (χ1v) is 6.02. The van der Waals surface area contributed by atoms with Crippen LogP contribution >= 0.6 is 11.3 Å². The van der Waals surface area contributed by atoms with Gasteiger partial charge in [0.25, 0.3) is 0 Å². The number of thiophene rings is 1. The summed E-state index contributed by atoms with van der Waals surface area (Å²) in [4.78, 5) is 1.28. The first kappa shape index (κ1) is 10.1. The van der Waals surface area contributed by atoms with Gasteiger partial charge >= 0.3 is 0 Å². The molecule has 0 aromatic carbocycles. The molecule has 78 valence electrons. The molecule has 2 nitrogen and oxygen atoms in total. The predicted molar refractivity (Wildman–Crippen MR) is 59.6 cm³/mol.